The lowest BCUT2D eigenvalue weighted by Gasteiger charge is -2.20. The van der Waals surface area contributed by atoms with Gasteiger partial charge in [0.25, 0.3) is 0 Å². The Bertz CT molecular complexity index is 538. The summed E-state index contributed by atoms with van der Waals surface area (Å²) >= 11 is 0. The number of rotatable bonds is 7. The van der Waals surface area contributed by atoms with Gasteiger partial charge >= 0.3 is 0 Å². The van der Waals surface area contributed by atoms with E-state index in [0.29, 0.717) is 18.5 Å². The molecular weight excluding hydrogens is 429 g/mol. The van der Waals surface area contributed by atoms with Crippen LogP contribution in [0.25, 0.3) is 0 Å². The third kappa shape index (κ3) is 7.50. The SMILES string of the molecule is CCCNC(=O)CN=C(NCC)NC1CCN(c2ccccc2)C1.I. The molecule has 0 radical (unpaired) electrons. The molecule has 1 atom stereocenters. The van der Waals surface area contributed by atoms with Gasteiger partial charge in [-0.15, -0.1) is 24.0 Å². The number of amides is 1. The Balaban J connectivity index is 0.00000312. The van der Waals surface area contributed by atoms with Crippen LogP contribution in [0.15, 0.2) is 35.3 Å². The maximum atomic E-state index is 11.7. The molecule has 1 aliphatic rings. The molecule has 7 heteroatoms. The lowest BCUT2D eigenvalue weighted by atomic mass is 10.3. The van der Waals surface area contributed by atoms with Crippen LogP contribution >= 0.6 is 24.0 Å². The Hall–Kier alpha value is -1.51. The first-order chi connectivity index (χ1) is 11.7. The smallest absolute Gasteiger partial charge is 0.241 e. The zero-order valence-electron chi connectivity index (χ0n) is 15.1. The van der Waals surface area contributed by atoms with E-state index in [1.807, 2.05) is 19.9 Å². The summed E-state index contributed by atoms with van der Waals surface area (Å²) in [7, 11) is 0. The number of nitrogens with zero attached hydrogens (tertiary/aromatic N) is 2. The van der Waals surface area contributed by atoms with E-state index < -0.39 is 0 Å². The minimum atomic E-state index is -0.0358. The summed E-state index contributed by atoms with van der Waals surface area (Å²) in [6.45, 7) is 7.66. The van der Waals surface area contributed by atoms with Gasteiger partial charge < -0.3 is 20.9 Å². The average Bonchev–Trinajstić information content (AvgIpc) is 3.07. The van der Waals surface area contributed by atoms with Crippen molar-refractivity contribution >= 4 is 41.5 Å². The van der Waals surface area contributed by atoms with Crippen LogP contribution < -0.4 is 20.9 Å². The second-order valence-corrected chi connectivity index (χ2v) is 5.96. The fourth-order valence-corrected chi connectivity index (χ4v) is 2.74. The second kappa shape index (κ2) is 11.9. The van der Waals surface area contributed by atoms with E-state index in [1.54, 1.807) is 0 Å². The van der Waals surface area contributed by atoms with Crippen LogP contribution in [0.3, 0.4) is 0 Å². The predicted octanol–water partition coefficient (Wildman–Crippen LogP) is 1.96. The Morgan fingerprint density at radius 2 is 2.00 bits per heavy atom. The van der Waals surface area contributed by atoms with Gasteiger partial charge in [-0.3, -0.25) is 4.79 Å². The molecule has 1 aliphatic heterocycles. The molecule has 0 bridgehead atoms. The number of aliphatic imine (C=N–C) groups is 1. The standard InChI is InChI=1S/C18H29N5O.HI/c1-3-11-20-17(24)13-21-18(19-4-2)22-15-10-12-23(14-15)16-8-6-5-7-9-16;/h5-9,15H,3-4,10-14H2,1-2H3,(H,20,24)(H2,19,21,22);1H. The van der Waals surface area contributed by atoms with E-state index in [-0.39, 0.29) is 36.4 Å². The van der Waals surface area contributed by atoms with Crippen molar-refractivity contribution in [3.8, 4) is 0 Å². The van der Waals surface area contributed by atoms with Gasteiger partial charge in [0.05, 0.1) is 0 Å². The number of carbonyl (C=O) groups excluding carboxylic acids is 1. The van der Waals surface area contributed by atoms with Crippen LogP contribution in [0, 0.1) is 0 Å². The molecule has 1 unspecified atom stereocenters. The monoisotopic (exact) mass is 459 g/mol. The minimum Gasteiger partial charge on any atom is -0.369 e. The fourth-order valence-electron chi connectivity index (χ4n) is 2.74. The van der Waals surface area contributed by atoms with Crippen LogP contribution in [-0.4, -0.2) is 50.6 Å². The summed E-state index contributed by atoms with van der Waals surface area (Å²) in [5.41, 5.74) is 1.25. The van der Waals surface area contributed by atoms with Crippen LogP contribution in [0.4, 0.5) is 5.69 Å². The fraction of sp³-hybridized carbons (Fsp3) is 0.556. The normalized spacial score (nSPS) is 17.0. The number of hydrogen-bond acceptors (Lipinski definition) is 3. The van der Waals surface area contributed by atoms with Crippen LogP contribution in [0.5, 0.6) is 0 Å². The molecule has 140 valence electrons. The largest absolute Gasteiger partial charge is 0.369 e. The van der Waals surface area contributed by atoms with Gasteiger partial charge in [-0.2, -0.15) is 0 Å². The first-order valence-electron chi connectivity index (χ1n) is 8.84. The Kier molecular flexibility index (Phi) is 10.3. The Morgan fingerprint density at radius 1 is 1.24 bits per heavy atom. The van der Waals surface area contributed by atoms with Gasteiger partial charge in [0.1, 0.15) is 6.54 Å². The van der Waals surface area contributed by atoms with Crippen molar-refractivity contribution in [2.45, 2.75) is 32.7 Å². The van der Waals surface area contributed by atoms with Gasteiger partial charge in [0.2, 0.25) is 5.91 Å². The van der Waals surface area contributed by atoms with Gasteiger partial charge in [0, 0.05) is 37.9 Å². The van der Waals surface area contributed by atoms with Crippen molar-refractivity contribution in [3.63, 3.8) is 0 Å². The van der Waals surface area contributed by atoms with E-state index >= 15 is 0 Å². The second-order valence-electron chi connectivity index (χ2n) is 5.96. The number of hydrogen-bond donors (Lipinski definition) is 3. The molecule has 3 N–H and O–H groups in total. The topological polar surface area (TPSA) is 68.8 Å². The number of anilines is 1. The maximum Gasteiger partial charge on any atom is 0.241 e. The van der Waals surface area contributed by atoms with Gasteiger partial charge in [-0.05, 0) is 31.9 Å². The highest BCUT2D eigenvalue weighted by molar-refractivity contribution is 14.0. The summed E-state index contributed by atoms with van der Waals surface area (Å²) < 4.78 is 0. The molecule has 0 saturated carbocycles. The molecule has 2 rings (SSSR count). The summed E-state index contributed by atoms with van der Waals surface area (Å²) in [5, 5.41) is 9.50. The molecule has 1 fully saturated rings. The van der Waals surface area contributed by atoms with Gasteiger partial charge in [-0.1, -0.05) is 25.1 Å². The molecule has 0 aromatic heterocycles. The highest BCUT2D eigenvalue weighted by Gasteiger charge is 2.23. The summed E-state index contributed by atoms with van der Waals surface area (Å²) in [6, 6.07) is 10.8. The lowest BCUT2D eigenvalue weighted by Crippen LogP contribution is -2.45. The molecule has 0 aliphatic carbocycles. The van der Waals surface area contributed by atoms with Crippen molar-refractivity contribution in [1.29, 1.82) is 0 Å². The van der Waals surface area contributed by atoms with Crippen LogP contribution in [-0.2, 0) is 4.79 Å². The van der Waals surface area contributed by atoms with Crippen molar-refractivity contribution in [2.75, 3.05) is 37.6 Å². The summed E-state index contributed by atoms with van der Waals surface area (Å²) in [5.74, 6) is 0.676. The van der Waals surface area contributed by atoms with Gasteiger partial charge in [0.15, 0.2) is 5.96 Å². The maximum absolute atomic E-state index is 11.7. The predicted molar refractivity (Wildman–Crippen MR) is 115 cm³/mol. The number of benzene rings is 1. The van der Waals surface area contributed by atoms with Crippen LogP contribution in [0.1, 0.15) is 26.7 Å². The molecule has 6 nitrogen and oxygen atoms in total. The zero-order valence-corrected chi connectivity index (χ0v) is 17.5. The van der Waals surface area contributed by atoms with E-state index in [1.165, 1.54) is 5.69 Å². The molecule has 1 amide bonds. The summed E-state index contributed by atoms with van der Waals surface area (Å²) in [6.07, 6.45) is 1.99. The number of para-hydroxylation sites is 1. The third-order valence-electron chi connectivity index (χ3n) is 3.95. The van der Waals surface area contributed by atoms with E-state index in [9.17, 15) is 4.79 Å². The van der Waals surface area contributed by atoms with Crippen molar-refractivity contribution in [2.24, 2.45) is 4.99 Å². The molecule has 1 saturated heterocycles. The van der Waals surface area contributed by atoms with Gasteiger partial charge in [-0.25, -0.2) is 4.99 Å². The molecule has 0 spiro atoms. The van der Waals surface area contributed by atoms with Crippen molar-refractivity contribution < 1.29 is 4.79 Å². The first-order valence-corrected chi connectivity index (χ1v) is 8.84. The Morgan fingerprint density at radius 3 is 2.68 bits per heavy atom. The highest BCUT2D eigenvalue weighted by atomic mass is 127. The van der Waals surface area contributed by atoms with E-state index in [4.69, 9.17) is 0 Å². The molecule has 1 heterocycles. The number of guanidine groups is 1. The molecule has 1 aromatic carbocycles. The van der Waals surface area contributed by atoms with E-state index in [0.717, 1.165) is 32.5 Å². The highest BCUT2D eigenvalue weighted by Crippen LogP contribution is 2.19. The zero-order chi connectivity index (χ0) is 17.2. The number of carbonyl (C=O) groups is 1. The average molecular weight is 459 g/mol. The van der Waals surface area contributed by atoms with Crippen molar-refractivity contribution in [1.82, 2.24) is 16.0 Å². The molecule has 25 heavy (non-hydrogen) atoms. The van der Waals surface area contributed by atoms with Crippen molar-refractivity contribution in [3.05, 3.63) is 30.3 Å². The van der Waals surface area contributed by atoms with E-state index in [2.05, 4.69) is 50.1 Å². The molecule has 1 aromatic rings. The third-order valence-corrected chi connectivity index (χ3v) is 3.95. The lowest BCUT2D eigenvalue weighted by molar-refractivity contribution is -0.119. The number of halogens is 1. The Labute approximate surface area is 167 Å². The number of nitrogens with one attached hydrogen (secondary N) is 3. The summed E-state index contributed by atoms with van der Waals surface area (Å²) in [4.78, 5) is 18.5. The minimum absolute atomic E-state index is 0. The molecular formula is C18H30IN5O. The van der Waals surface area contributed by atoms with Crippen LogP contribution in [0.2, 0.25) is 0 Å². The quantitative estimate of drug-likeness (QED) is 0.332. The first kappa shape index (κ1) is 21.5.